The SMILES string of the molecule is COc1ccc(CCN(C)C(=O)c2scnc2C)cc1OC. The number of aryl methyl sites for hydroxylation is 1. The Morgan fingerprint density at radius 1 is 1.27 bits per heavy atom. The van der Waals surface area contributed by atoms with Crippen LogP contribution in [-0.2, 0) is 6.42 Å². The van der Waals surface area contributed by atoms with Gasteiger partial charge in [-0.1, -0.05) is 6.07 Å². The largest absolute Gasteiger partial charge is 0.493 e. The van der Waals surface area contributed by atoms with Gasteiger partial charge in [0.15, 0.2) is 11.5 Å². The molecule has 0 aliphatic carbocycles. The Bertz CT molecular complexity index is 655. The lowest BCUT2D eigenvalue weighted by Crippen LogP contribution is -2.28. The molecule has 1 aromatic heterocycles. The molecule has 0 aliphatic heterocycles. The topological polar surface area (TPSA) is 51.7 Å². The number of methoxy groups -OCH3 is 2. The molecule has 1 heterocycles. The average molecular weight is 320 g/mol. The summed E-state index contributed by atoms with van der Waals surface area (Å²) >= 11 is 1.38. The lowest BCUT2D eigenvalue weighted by molar-refractivity contribution is 0.0800. The van der Waals surface area contributed by atoms with E-state index >= 15 is 0 Å². The Balaban J connectivity index is 2.00. The lowest BCUT2D eigenvalue weighted by Gasteiger charge is -2.17. The number of benzene rings is 1. The number of hydrogen-bond acceptors (Lipinski definition) is 5. The maximum atomic E-state index is 12.3. The number of likely N-dealkylation sites (N-methyl/N-ethyl adjacent to an activating group) is 1. The summed E-state index contributed by atoms with van der Waals surface area (Å²) in [5.41, 5.74) is 3.58. The molecule has 1 amide bonds. The van der Waals surface area contributed by atoms with Crippen molar-refractivity contribution >= 4 is 17.2 Å². The van der Waals surface area contributed by atoms with Crippen LogP contribution in [0.2, 0.25) is 0 Å². The Labute approximate surface area is 134 Å². The summed E-state index contributed by atoms with van der Waals surface area (Å²) < 4.78 is 10.5. The molecule has 0 spiro atoms. The minimum absolute atomic E-state index is 0.0143. The van der Waals surface area contributed by atoms with Gasteiger partial charge in [-0.2, -0.15) is 0 Å². The third kappa shape index (κ3) is 3.57. The van der Waals surface area contributed by atoms with Crippen molar-refractivity contribution in [3.63, 3.8) is 0 Å². The van der Waals surface area contributed by atoms with Gasteiger partial charge in [0, 0.05) is 13.6 Å². The molecule has 5 nitrogen and oxygen atoms in total. The van der Waals surface area contributed by atoms with Crippen LogP contribution in [0.3, 0.4) is 0 Å². The second-order valence-corrected chi connectivity index (χ2v) is 5.79. The van der Waals surface area contributed by atoms with E-state index in [-0.39, 0.29) is 5.91 Å². The van der Waals surface area contributed by atoms with E-state index < -0.39 is 0 Å². The van der Waals surface area contributed by atoms with Crippen molar-refractivity contribution < 1.29 is 14.3 Å². The van der Waals surface area contributed by atoms with E-state index in [2.05, 4.69) is 4.98 Å². The molecule has 0 atom stereocenters. The summed E-state index contributed by atoms with van der Waals surface area (Å²) in [6.45, 7) is 2.48. The number of carbonyl (C=O) groups is 1. The van der Waals surface area contributed by atoms with Crippen LogP contribution in [0.1, 0.15) is 20.9 Å². The van der Waals surface area contributed by atoms with Crippen molar-refractivity contribution in [1.29, 1.82) is 0 Å². The molecule has 0 radical (unpaired) electrons. The zero-order valence-electron chi connectivity index (χ0n) is 13.3. The van der Waals surface area contributed by atoms with Crippen LogP contribution in [0, 0.1) is 6.92 Å². The molecule has 2 aromatic rings. The molecule has 0 fully saturated rings. The first-order valence-corrected chi connectivity index (χ1v) is 7.81. The number of hydrogen-bond donors (Lipinski definition) is 0. The first-order chi connectivity index (χ1) is 10.6. The van der Waals surface area contributed by atoms with Crippen LogP contribution in [-0.4, -0.2) is 43.6 Å². The van der Waals surface area contributed by atoms with E-state index in [1.807, 2.05) is 32.2 Å². The molecule has 0 unspecified atom stereocenters. The highest BCUT2D eigenvalue weighted by atomic mass is 32.1. The third-order valence-electron chi connectivity index (χ3n) is 3.47. The molecule has 118 valence electrons. The first-order valence-electron chi connectivity index (χ1n) is 6.93. The monoisotopic (exact) mass is 320 g/mol. The van der Waals surface area contributed by atoms with E-state index in [9.17, 15) is 4.79 Å². The molecule has 0 aliphatic rings. The van der Waals surface area contributed by atoms with Crippen molar-refractivity contribution in [1.82, 2.24) is 9.88 Å². The molecule has 22 heavy (non-hydrogen) atoms. The van der Waals surface area contributed by atoms with Gasteiger partial charge in [0.2, 0.25) is 0 Å². The van der Waals surface area contributed by atoms with Gasteiger partial charge in [-0.25, -0.2) is 4.98 Å². The van der Waals surface area contributed by atoms with Gasteiger partial charge in [0.05, 0.1) is 25.4 Å². The van der Waals surface area contributed by atoms with Gasteiger partial charge >= 0.3 is 0 Å². The predicted octanol–water partition coefficient (Wildman–Crippen LogP) is 2.78. The molecule has 0 saturated heterocycles. The second-order valence-electron chi connectivity index (χ2n) is 4.93. The molecule has 0 saturated carbocycles. The van der Waals surface area contributed by atoms with Crippen molar-refractivity contribution in [2.75, 3.05) is 27.8 Å². The Morgan fingerprint density at radius 3 is 2.59 bits per heavy atom. The van der Waals surface area contributed by atoms with E-state index in [1.165, 1.54) is 11.3 Å². The van der Waals surface area contributed by atoms with Gasteiger partial charge < -0.3 is 14.4 Å². The summed E-state index contributed by atoms with van der Waals surface area (Å²) in [6, 6.07) is 5.80. The van der Waals surface area contributed by atoms with Gasteiger partial charge in [0.1, 0.15) is 4.88 Å². The van der Waals surface area contributed by atoms with E-state index in [1.54, 1.807) is 24.6 Å². The van der Waals surface area contributed by atoms with Crippen molar-refractivity contribution in [3.05, 3.63) is 39.8 Å². The number of carbonyl (C=O) groups excluding carboxylic acids is 1. The van der Waals surface area contributed by atoms with Gasteiger partial charge in [0.25, 0.3) is 5.91 Å². The summed E-state index contributed by atoms with van der Waals surface area (Å²) in [7, 11) is 5.04. The van der Waals surface area contributed by atoms with Crippen LogP contribution in [0.25, 0.3) is 0 Å². The molecule has 6 heteroatoms. The van der Waals surface area contributed by atoms with E-state index in [0.717, 1.165) is 17.7 Å². The number of amides is 1. The fourth-order valence-corrected chi connectivity index (χ4v) is 2.91. The lowest BCUT2D eigenvalue weighted by atomic mass is 10.1. The molecule has 2 rings (SSSR count). The van der Waals surface area contributed by atoms with Crippen LogP contribution in [0.5, 0.6) is 11.5 Å². The first kappa shape index (κ1) is 16.3. The molecule has 0 bridgehead atoms. The summed E-state index contributed by atoms with van der Waals surface area (Å²) in [5.74, 6) is 1.42. The van der Waals surface area contributed by atoms with E-state index in [4.69, 9.17) is 9.47 Å². The normalized spacial score (nSPS) is 10.4. The fraction of sp³-hybridized carbons (Fsp3) is 0.375. The molecule has 0 N–H and O–H groups in total. The molecular formula is C16H20N2O3S. The number of aromatic nitrogens is 1. The quantitative estimate of drug-likeness (QED) is 0.821. The van der Waals surface area contributed by atoms with Crippen molar-refractivity contribution in [2.24, 2.45) is 0 Å². The smallest absolute Gasteiger partial charge is 0.265 e. The van der Waals surface area contributed by atoms with Crippen LogP contribution in [0.15, 0.2) is 23.7 Å². The highest BCUT2D eigenvalue weighted by Crippen LogP contribution is 2.27. The van der Waals surface area contributed by atoms with Gasteiger partial charge in [-0.15, -0.1) is 11.3 Å². The summed E-state index contributed by atoms with van der Waals surface area (Å²) in [5, 5.41) is 0. The Morgan fingerprint density at radius 2 is 2.00 bits per heavy atom. The number of rotatable bonds is 6. The maximum Gasteiger partial charge on any atom is 0.265 e. The Kier molecular flexibility index (Phi) is 5.38. The predicted molar refractivity (Wildman–Crippen MR) is 87.1 cm³/mol. The average Bonchev–Trinajstić information content (AvgIpc) is 2.97. The van der Waals surface area contributed by atoms with Crippen LogP contribution in [0.4, 0.5) is 0 Å². The standard InChI is InChI=1S/C16H20N2O3S/c1-11-15(22-10-17-11)16(19)18(2)8-7-12-5-6-13(20-3)14(9-12)21-4/h5-6,9-10H,7-8H2,1-4H3. The van der Waals surface area contributed by atoms with Crippen molar-refractivity contribution in [2.45, 2.75) is 13.3 Å². The maximum absolute atomic E-state index is 12.3. The molecule has 1 aromatic carbocycles. The second kappa shape index (κ2) is 7.26. The molecular weight excluding hydrogens is 300 g/mol. The summed E-state index contributed by atoms with van der Waals surface area (Å²) in [4.78, 5) is 18.9. The highest BCUT2D eigenvalue weighted by Gasteiger charge is 2.16. The van der Waals surface area contributed by atoms with Crippen molar-refractivity contribution in [3.8, 4) is 11.5 Å². The Hall–Kier alpha value is -2.08. The zero-order chi connectivity index (χ0) is 16.1. The fourth-order valence-electron chi connectivity index (χ4n) is 2.12. The highest BCUT2D eigenvalue weighted by molar-refractivity contribution is 7.11. The zero-order valence-corrected chi connectivity index (χ0v) is 14.1. The van der Waals surface area contributed by atoms with Gasteiger partial charge in [-0.05, 0) is 31.0 Å². The minimum Gasteiger partial charge on any atom is -0.493 e. The minimum atomic E-state index is 0.0143. The number of nitrogens with zero attached hydrogens (tertiary/aromatic N) is 2. The number of ether oxygens (including phenoxy) is 2. The van der Waals surface area contributed by atoms with E-state index in [0.29, 0.717) is 22.9 Å². The van der Waals surface area contributed by atoms with Gasteiger partial charge in [-0.3, -0.25) is 4.79 Å². The number of thiazole rings is 1. The third-order valence-corrected chi connectivity index (χ3v) is 4.39. The van der Waals surface area contributed by atoms with Crippen LogP contribution >= 0.6 is 11.3 Å². The van der Waals surface area contributed by atoms with Crippen LogP contribution < -0.4 is 9.47 Å². The summed E-state index contributed by atoms with van der Waals surface area (Å²) in [6.07, 6.45) is 0.750.